The fourth-order valence-electron chi connectivity index (χ4n) is 2.98. The summed E-state index contributed by atoms with van der Waals surface area (Å²) in [4.78, 5) is 28.7. The predicted molar refractivity (Wildman–Crippen MR) is 98.5 cm³/mol. The summed E-state index contributed by atoms with van der Waals surface area (Å²) in [7, 11) is 0. The highest BCUT2D eigenvalue weighted by Gasteiger charge is 2.31. The van der Waals surface area contributed by atoms with Crippen LogP contribution in [0.1, 0.15) is 17.9 Å². The molecule has 0 saturated heterocycles. The fraction of sp³-hybridized carbons (Fsp3) is 0.105. The highest BCUT2D eigenvalue weighted by atomic mass is 32.1. The normalized spacial score (nSPS) is 15.7. The zero-order valence-electron chi connectivity index (χ0n) is 14.1. The van der Waals surface area contributed by atoms with Gasteiger partial charge in [0.15, 0.2) is 16.8 Å². The van der Waals surface area contributed by atoms with E-state index in [4.69, 9.17) is 0 Å². The van der Waals surface area contributed by atoms with Crippen LogP contribution in [0, 0.1) is 17.5 Å². The van der Waals surface area contributed by atoms with E-state index in [1.54, 1.807) is 5.38 Å². The lowest BCUT2D eigenvalue weighted by Gasteiger charge is -2.24. The molecule has 0 spiro atoms. The molecular formula is C19H12F3N3O2S. The van der Waals surface area contributed by atoms with Crippen molar-refractivity contribution in [2.75, 3.05) is 10.6 Å². The van der Waals surface area contributed by atoms with E-state index >= 15 is 0 Å². The molecular weight excluding hydrogens is 391 g/mol. The maximum absolute atomic E-state index is 13.4. The first-order valence-corrected chi connectivity index (χ1v) is 9.10. The lowest BCUT2D eigenvalue weighted by atomic mass is 9.90. The average Bonchev–Trinajstić information content (AvgIpc) is 3.11. The van der Waals surface area contributed by atoms with E-state index in [2.05, 4.69) is 15.6 Å². The first kappa shape index (κ1) is 18.2. The second kappa shape index (κ2) is 7.08. The van der Waals surface area contributed by atoms with Crippen molar-refractivity contribution in [3.63, 3.8) is 0 Å². The molecule has 9 heteroatoms. The predicted octanol–water partition coefficient (Wildman–Crippen LogP) is 4.29. The summed E-state index contributed by atoms with van der Waals surface area (Å²) in [5.74, 6) is -4.11. The summed E-state index contributed by atoms with van der Waals surface area (Å²) in [6.45, 7) is 0. The van der Waals surface area contributed by atoms with Gasteiger partial charge in [-0.15, -0.1) is 11.3 Å². The van der Waals surface area contributed by atoms with Crippen molar-refractivity contribution in [3.05, 3.63) is 64.8 Å². The molecule has 1 aliphatic rings. The first-order valence-electron chi connectivity index (χ1n) is 8.22. The van der Waals surface area contributed by atoms with Crippen LogP contribution in [0.3, 0.4) is 0 Å². The third kappa shape index (κ3) is 3.48. The van der Waals surface area contributed by atoms with E-state index in [1.165, 1.54) is 18.2 Å². The number of thiazole rings is 1. The van der Waals surface area contributed by atoms with Crippen molar-refractivity contribution in [1.29, 1.82) is 0 Å². The van der Waals surface area contributed by atoms with Gasteiger partial charge < -0.3 is 10.6 Å². The minimum atomic E-state index is -0.992. The number of hydrogen-bond donors (Lipinski definition) is 2. The molecule has 1 aliphatic heterocycles. The fourth-order valence-corrected chi connectivity index (χ4v) is 3.71. The van der Waals surface area contributed by atoms with Crippen LogP contribution in [0.15, 0.2) is 41.8 Å². The summed E-state index contributed by atoms with van der Waals surface area (Å²) < 4.78 is 39.9. The number of nitrogens with one attached hydrogen (secondary N) is 2. The van der Waals surface area contributed by atoms with E-state index in [0.29, 0.717) is 16.8 Å². The molecule has 1 atom stereocenters. The second-order valence-electron chi connectivity index (χ2n) is 6.19. The van der Waals surface area contributed by atoms with E-state index in [9.17, 15) is 22.8 Å². The molecule has 2 heterocycles. The third-order valence-corrected chi connectivity index (χ3v) is 5.08. The molecule has 2 aromatic carbocycles. The molecule has 142 valence electrons. The van der Waals surface area contributed by atoms with Gasteiger partial charge in [0.05, 0.1) is 11.6 Å². The largest absolute Gasteiger partial charge is 0.326 e. The van der Waals surface area contributed by atoms with Gasteiger partial charge in [-0.25, -0.2) is 18.2 Å². The number of fused-ring (bicyclic) bond motifs is 1. The summed E-state index contributed by atoms with van der Waals surface area (Å²) >= 11 is 1.11. The van der Waals surface area contributed by atoms with Crippen LogP contribution in [0.5, 0.6) is 0 Å². The molecule has 2 amide bonds. The minimum Gasteiger partial charge on any atom is -0.326 e. The lowest BCUT2D eigenvalue weighted by Crippen LogP contribution is -2.30. The Labute approximate surface area is 161 Å². The SMILES string of the molecule is O=C1CC(C(=O)Nc2nc(-c3ccc(F)c(F)c3)cs2)c2ccc(F)cc2N1. The Bertz CT molecular complexity index is 1100. The second-order valence-corrected chi connectivity index (χ2v) is 7.05. The van der Waals surface area contributed by atoms with Crippen LogP contribution in [-0.2, 0) is 9.59 Å². The number of nitrogens with zero attached hydrogens (tertiary/aromatic N) is 1. The van der Waals surface area contributed by atoms with Crippen LogP contribution in [-0.4, -0.2) is 16.8 Å². The molecule has 0 saturated carbocycles. The number of carbonyl (C=O) groups is 2. The van der Waals surface area contributed by atoms with E-state index in [-0.39, 0.29) is 23.1 Å². The standard InChI is InChI=1S/C19H12F3N3O2S/c20-10-2-3-11-12(7-17(26)23-15(11)6-10)18(27)25-19-24-16(8-28-19)9-1-4-13(21)14(22)5-9/h1-6,8,12H,7H2,(H,23,26)(H,24,25,27). The number of hydrogen-bond acceptors (Lipinski definition) is 4. The molecule has 0 aliphatic carbocycles. The molecule has 2 N–H and O–H groups in total. The smallest absolute Gasteiger partial charge is 0.234 e. The molecule has 1 unspecified atom stereocenters. The maximum atomic E-state index is 13.4. The molecule has 3 aromatic rings. The number of rotatable bonds is 3. The molecule has 4 rings (SSSR count). The van der Waals surface area contributed by atoms with E-state index in [0.717, 1.165) is 29.5 Å². The highest BCUT2D eigenvalue weighted by Crippen LogP contribution is 2.34. The number of halogens is 3. The molecule has 28 heavy (non-hydrogen) atoms. The topological polar surface area (TPSA) is 71.1 Å². The molecule has 0 fully saturated rings. The van der Waals surface area contributed by atoms with Crippen LogP contribution >= 0.6 is 11.3 Å². The summed E-state index contributed by atoms with van der Waals surface area (Å²) in [5, 5.41) is 7.02. The van der Waals surface area contributed by atoms with Gasteiger partial charge in [0, 0.05) is 23.1 Å². The molecule has 5 nitrogen and oxygen atoms in total. The van der Waals surface area contributed by atoms with Crippen molar-refractivity contribution in [1.82, 2.24) is 4.98 Å². The zero-order valence-corrected chi connectivity index (χ0v) is 14.9. The van der Waals surface area contributed by atoms with Crippen LogP contribution in [0.4, 0.5) is 24.0 Å². The van der Waals surface area contributed by atoms with E-state index < -0.39 is 29.3 Å². The molecule has 0 bridgehead atoms. The molecule has 0 radical (unpaired) electrons. The summed E-state index contributed by atoms with van der Waals surface area (Å²) in [6, 6.07) is 7.25. The maximum Gasteiger partial charge on any atom is 0.234 e. The number of carbonyl (C=O) groups excluding carboxylic acids is 2. The monoisotopic (exact) mass is 403 g/mol. The Morgan fingerprint density at radius 3 is 2.75 bits per heavy atom. The highest BCUT2D eigenvalue weighted by molar-refractivity contribution is 7.14. The minimum absolute atomic E-state index is 0.0775. The van der Waals surface area contributed by atoms with Crippen molar-refractivity contribution in [2.45, 2.75) is 12.3 Å². The first-order chi connectivity index (χ1) is 13.4. The molecule has 1 aromatic heterocycles. The van der Waals surface area contributed by atoms with Gasteiger partial charge in [0.25, 0.3) is 0 Å². The van der Waals surface area contributed by atoms with Gasteiger partial charge in [-0.05, 0) is 35.9 Å². The van der Waals surface area contributed by atoms with E-state index in [1.807, 2.05) is 0 Å². The summed E-state index contributed by atoms with van der Waals surface area (Å²) in [6.07, 6.45) is -0.0775. The average molecular weight is 403 g/mol. The third-order valence-electron chi connectivity index (χ3n) is 4.32. The number of benzene rings is 2. The number of anilines is 2. The Hall–Kier alpha value is -3.20. The quantitative estimate of drug-likeness (QED) is 0.685. The van der Waals surface area contributed by atoms with Crippen LogP contribution < -0.4 is 10.6 Å². The van der Waals surface area contributed by atoms with Crippen molar-refractivity contribution in [3.8, 4) is 11.3 Å². The van der Waals surface area contributed by atoms with Gasteiger partial charge >= 0.3 is 0 Å². The summed E-state index contributed by atoms with van der Waals surface area (Å²) in [5.41, 5.74) is 1.52. The van der Waals surface area contributed by atoms with Crippen molar-refractivity contribution in [2.24, 2.45) is 0 Å². The Kier molecular flexibility index (Phi) is 4.60. The van der Waals surface area contributed by atoms with Crippen LogP contribution in [0.2, 0.25) is 0 Å². The van der Waals surface area contributed by atoms with Gasteiger partial charge in [0.1, 0.15) is 5.82 Å². The lowest BCUT2D eigenvalue weighted by molar-refractivity contribution is -0.123. The van der Waals surface area contributed by atoms with Crippen molar-refractivity contribution >= 4 is 34.0 Å². The Morgan fingerprint density at radius 2 is 1.96 bits per heavy atom. The van der Waals surface area contributed by atoms with Gasteiger partial charge in [-0.3, -0.25) is 9.59 Å². The van der Waals surface area contributed by atoms with Gasteiger partial charge in [0.2, 0.25) is 11.8 Å². The zero-order chi connectivity index (χ0) is 19.8. The van der Waals surface area contributed by atoms with Gasteiger partial charge in [-0.1, -0.05) is 6.07 Å². The van der Waals surface area contributed by atoms with Crippen LogP contribution in [0.25, 0.3) is 11.3 Å². The Morgan fingerprint density at radius 1 is 1.14 bits per heavy atom. The number of aromatic nitrogens is 1. The Balaban J connectivity index is 1.56. The van der Waals surface area contributed by atoms with Crippen molar-refractivity contribution < 1.29 is 22.8 Å². The van der Waals surface area contributed by atoms with Gasteiger partial charge in [-0.2, -0.15) is 0 Å². The number of amides is 2.